The van der Waals surface area contributed by atoms with Gasteiger partial charge >= 0.3 is 0 Å². The van der Waals surface area contributed by atoms with Crippen molar-refractivity contribution >= 4 is 10.0 Å². The average Bonchev–Trinajstić information content (AvgIpc) is 2.97. The van der Waals surface area contributed by atoms with E-state index in [-0.39, 0.29) is 4.90 Å². The van der Waals surface area contributed by atoms with Crippen LogP contribution in [0.4, 0.5) is 0 Å². The standard InChI is InChI=1S/C16H21NO3S/c1-2-3-5-14(16-6-4-11-20-16)12-13-7-9-15(10-8-13)21(17,18)19/h4,6-11,14H,2-3,5,12H2,1H3,(H2,17,18,19). The fraction of sp³-hybridized carbons (Fsp3) is 0.375. The van der Waals surface area contributed by atoms with Crippen molar-refractivity contribution in [1.82, 2.24) is 0 Å². The van der Waals surface area contributed by atoms with E-state index in [1.165, 1.54) is 0 Å². The number of unbranched alkanes of at least 4 members (excludes halogenated alkanes) is 1. The highest BCUT2D eigenvalue weighted by Gasteiger charge is 2.15. The SMILES string of the molecule is CCCCC(Cc1ccc(S(N)(=O)=O)cc1)c1ccco1. The molecule has 0 aliphatic carbocycles. The predicted octanol–water partition coefficient (Wildman–Crippen LogP) is 3.44. The summed E-state index contributed by atoms with van der Waals surface area (Å²) in [6.45, 7) is 2.17. The molecule has 0 fully saturated rings. The average molecular weight is 307 g/mol. The summed E-state index contributed by atoms with van der Waals surface area (Å²) in [5, 5.41) is 5.11. The van der Waals surface area contributed by atoms with Gasteiger partial charge in [-0.1, -0.05) is 31.9 Å². The minimum atomic E-state index is -3.62. The van der Waals surface area contributed by atoms with Crippen LogP contribution in [0.1, 0.15) is 43.4 Å². The molecule has 2 N–H and O–H groups in total. The maximum absolute atomic E-state index is 11.3. The third kappa shape index (κ3) is 4.44. The van der Waals surface area contributed by atoms with E-state index in [1.54, 1.807) is 18.4 Å². The van der Waals surface area contributed by atoms with Crippen LogP contribution < -0.4 is 5.14 Å². The Balaban J connectivity index is 2.13. The third-order valence-electron chi connectivity index (χ3n) is 3.59. The van der Waals surface area contributed by atoms with Crippen LogP contribution in [0.5, 0.6) is 0 Å². The van der Waals surface area contributed by atoms with Crippen molar-refractivity contribution in [3.05, 3.63) is 54.0 Å². The third-order valence-corrected chi connectivity index (χ3v) is 4.51. The monoisotopic (exact) mass is 307 g/mol. The molecule has 1 aromatic heterocycles. The van der Waals surface area contributed by atoms with Crippen LogP contribution in [0.15, 0.2) is 52.0 Å². The smallest absolute Gasteiger partial charge is 0.238 e. The lowest BCUT2D eigenvalue weighted by Crippen LogP contribution is -2.12. The summed E-state index contributed by atoms with van der Waals surface area (Å²) in [4.78, 5) is 0.148. The second kappa shape index (κ2) is 6.91. The van der Waals surface area contributed by atoms with E-state index in [0.29, 0.717) is 5.92 Å². The van der Waals surface area contributed by atoms with Crippen LogP contribution in [-0.2, 0) is 16.4 Å². The van der Waals surface area contributed by atoms with Crippen LogP contribution in [0.3, 0.4) is 0 Å². The van der Waals surface area contributed by atoms with Gasteiger partial charge in [0.25, 0.3) is 0 Å². The van der Waals surface area contributed by atoms with E-state index in [9.17, 15) is 8.42 Å². The van der Waals surface area contributed by atoms with Gasteiger partial charge in [0, 0.05) is 5.92 Å². The maximum Gasteiger partial charge on any atom is 0.238 e. The molecule has 0 bridgehead atoms. The van der Waals surface area contributed by atoms with Crippen molar-refractivity contribution in [3.63, 3.8) is 0 Å². The second-order valence-corrected chi connectivity index (χ2v) is 6.81. The van der Waals surface area contributed by atoms with Gasteiger partial charge in [-0.15, -0.1) is 0 Å². The Bertz CT molecular complexity index is 645. The molecular formula is C16H21NO3S. The number of rotatable bonds is 7. The topological polar surface area (TPSA) is 73.3 Å². The van der Waals surface area contributed by atoms with Crippen LogP contribution >= 0.6 is 0 Å². The zero-order valence-electron chi connectivity index (χ0n) is 12.2. The fourth-order valence-corrected chi connectivity index (χ4v) is 2.93. The molecule has 21 heavy (non-hydrogen) atoms. The Morgan fingerprint density at radius 2 is 1.90 bits per heavy atom. The summed E-state index contributed by atoms with van der Waals surface area (Å²) >= 11 is 0. The summed E-state index contributed by atoms with van der Waals surface area (Å²) in [7, 11) is -3.62. The van der Waals surface area contributed by atoms with Gasteiger partial charge in [-0.25, -0.2) is 13.6 Å². The van der Waals surface area contributed by atoms with Gasteiger partial charge in [0.1, 0.15) is 5.76 Å². The van der Waals surface area contributed by atoms with Gasteiger partial charge in [-0.3, -0.25) is 0 Å². The first-order valence-electron chi connectivity index (χ1n) is 7.16. The highest BCUT2D eigenvalue weighted by molar-refractivity contribution is 7.89. The van der Waals surface area contributed by atoms with Crippen molar-refractivity contribution < 1.29 is 12.8 Å². The van der Waals surface area contributed by atoms with Crippen molar-refractivity contribution in [2.24, 2.45) is 5.14 Å². The lowest BCUT2D eigenvalue weighted by molar-refractivity contribution is 0.436. The molecule has 0 aliphatic rings. The van der Waals surface area contributed by atoms with E-state index in [2.05, 4.69) is 6.92 Å². The van der Waals surface area contributed by atoms with Crippen LogP contribution in [-0.4, -0.2) is 8.42 Å². The van der Waals surface area contributed by atoms with Gasteiger partial charge in [0.15, 0.2) is 0 Å². The van der Waals surface area contributed by atoms with Gasteiger partial charge in [-0.05, 0) is 42.7 Å². The summed E-state index contributed by atoms with van der Waals surface area (Å²) in [5.74, 6) is 1.30. The van der Waals surface area contributed by atoms with Crippen molar-refractivity contribution in [3.8, 4) is 0 Å². The number of hydrogen-bond acceptors (Lipinski definition) is 3. The molecule has 0 spiro atoms. The van der Waals surface area contributed by atoms with Gasteiger partial charge < -0.3 is 4.42 Å². The lowest BCUT2D eigenvalue weighted by Gasteiger charge is -2.14. The minimum absolute atomic E-state index is 0.148. The van der Waals surface area contributed by atoms with Crippen molar-refractivity contribution in [1.29, 1.82) is 0 Å². The van der Waals surface area contributed by atoms with Crippen LogP contribution in [0, 0.1) is 0 Å². The molecule has 114 valence electrons. The maximum atomic E-state index is 11.3. The zero-order valence-corrected chi connectivity index (χ0v) is 13.0. The number of benzene rings is 1. The molecule has 0 saturated heterocycles. The van der Waals surface area contributed by atoms with Gasteiger partial charge in [0.2, 0.25) is 10.0 Å². The first-order valence-corrected chi connectivity index (χ1v) is 8.70. The Kier molecular flexibility index (Phi) is 5.20. The van der Waals surface area contributed by atoms with E-state index < -0.39 is 10.0 Å². The van der Waals surface area contributed by atoms with Crippen molar-refractivity contribution in [2.45, 2.75) is 43.4 Å². The minimum Gasteiger partial charge on any atom is -0.469 e. The lowest BCUT2D eigenvalue weighted by atomic mass is 9.92. The Morgan fingerprint density at radius 1 is 1.19 bits per heavy atom. The molecule has 2 rings (SSSR count). The van der Waals surface area contributed by atoms with E-state index in [1.807, 2.05) is 24.3 Å². The molecule has 1 atom stereocenters. The Hall–Kier alpha value is -1.59. The molecule has 2 aromatic rings. The zero-order chi connectivity index (χ0) is 15.3. The molecule has 4 nitrogen and oxygen atoms in total. The molecule has 5 heteroatoms. The summed E-state index contributed by atoms with van der Waals surface area (Å²) in [6.07, 6.45) is 5.86. The molecular weight excluding hydrogens is 286 g/mol. The van der Waals surface area contributed by atoms with Crippen LogP contribution in [0.2, 0.25) is 0 Å². The Labute approximate surface area is 126 Å². The van der Waals surface area contributed by atoms with E-state index in [0.717, 1.165) is 37.0 Å². The first kappa shape index (κ1) is 15.8. The molecule has 1 unspecified atom stereocenters. The Morgan fingerprint density at radius 3 is 2.43 bits per heavy atom. The normalized spacial score (nSPS) is 13.2. The fourth-order valence-electron chi connectivity index (χ4n) is 2.42. The molecule has 0 radical (unpaired) electrons. The first-order chi connectivity index (χ1) is 10.0. The summed E-state index contributed by atoms with van der Waals surface area (Å²) in [5.41, 5.74) is 1.08. The van der Waals surface area contributed by atoms with Crippen LogP contribution in [0.25, 0.3) is 0 Å². The molecule has 1 aromatic carbocycles. The molecule has 0 amide bonds. The largest absolute Gasteiger partial charge is 0.469 e. The van der Waals surface area contributed by atoms with E-state index in [4.69, 9.17) is 9.56 Å². The molecule has 0 saturated carbocycles. The predicted molar refractivity (Wildman–Crippen MR) is 82.5 cm³/mol. The number of nitrogens with two attached hydrogens (primary N) is 1. The summed E-state index contributed by atoms with van der Waals surface area (Å²) in [6, 6.07) is 10.7. The van der Waals surface area contributed by atoms with E-state index >= 15 is 0 Å². The quantitative estimate of drug-likeness (QED) is 0.851. The van der Waals surface area contributed by atoms with Gasteiger partial charge in [-0.2, -0.15) is 0 Å². The van der Waals surface area contributed by atoms with Crippen molar-refractivity contribution in [2.75, 3.05) is 0 Å². The highest BCUT2D eigenvalue weighted by atomic mass is 32.2. The molecule has 0 aliphatic heterocycles. The molecule has 1 heterocycles. The number of sulfonamides is 1. The number of hydrogen-bond donors (Lipinski definition) is 1. The number of primary sulfonamides is 1. The summed E-state index contributed by atoms with van der Waals surface area (Å²) < 4.78 is 28.0. The van der Waals surface area contributed by atoms with Gasteiger partial charge in [0.05, 0.1) is 11.2 Å². The number of furan rings is 1. The highest BCUT2D eigenvalue weighted by Crippen LogP contribution is 2.27. The second-order valence-electron chi connectivity index (χ2n) is 5.25.